The fourth-order valence-corrected chi connectivity index (χ4v) is 1.17. The number of benzene rings is 1. The minimum Gasteiger partial charge on any atom is -0.505 e. The van der Waals surface area contributed by atoms with Crippen molar-refractivity contribution in [1.29, 1.82) is 0 Å². The monoisotopic (exact) mass is 211 g/mol. The Morgan fingerprint density at radius 2 is 2.00 bits per heavy atom. The molecule has 3 heteroatoms. The van der Waals surface area contributed by atoms with E-state index in [1.54, 1.807) is 6.07 Å². The highest BCUT2D eigenvalue weighted by Gasteiger charge is 2.07. The van der Waals surface area contributed by atoms with Crippen LogP contribution in [-0.2, 0) is 6.54 Å². The lowest BCUT2D eigenvalue weighted by atomic mass is 10.1. The standard InChI is InChI=1S/C12H18FNO/c1-8(2)9(3)14-7-10-4-5-12(15)11(13)6-10/h4-6,8-9,14-15H,7H2,1-3H3. The number of aromatic hydroxyl groups is 1. The number of hydrogen-bond acceptors (Lipinski definition) is 2. The van der Waals surface area contributed by atoms with Crippen molar-refractivity contribution in [1.82, 2.24) is 5.32 Å². The van der Waals surface area contributed by atoms with Crippen LogP contribution in [-0.4, -0.2) is 11.1 Å². The summed E-state index contributed by atoms with van der Waals surface area (Å²) >= 11 is 0. The highest BCUT2D eigenvalue weighted by Crippen LogP contribution is 2.16. The van der Waals surface area contributed by atoms with Gasteiger partial charge in [0.05, 0.1) is 0 Å². The van der Waals surface area contributed by atoms with Gasteiger partial charge in [0.1, 0.15) is 0 Å². The van der Waals surface area contributed by atoms with Crippen LogP contribution in [0.25, 0.3) is 0 Å². The molecule has 0 saturated carbocycles. The number of phenols is 1. The lowest BCUT2D eigenvalue weighted by Gasteiger charge is -2.17. The first-order valence-corrected chi connectivity index (χ1v) is 5.21. The van der Waals surface area contributed by atoms with Gasteiger partial charge in [-0.25, -0.2) is 4.39 Å². The minimum atomic E-state index is -0.563. The second kappa shape index (κ2) is 5.12. The van der Waals surface area contributed by atoms with Crippen LogP contribution >= 0.6 is 0 Å². The van der Waals surface area contributed by atoms with Crippen molar-refractivity contribution in [2.45, 2.75) is 33.4 Å². The van der Waals surface area contributed by atoms with E-state index >= 15 is 0 Å². The Balaban J connectivity index is 2.55. The van der Waals surface area contributed by atoms with E-state index in [4.69, 9.17) is 5.11 Å². The largest absolute Gasteiger partial charge is 0.505 e. The zero-order valence-corrected chi connectivity index (χ0v) is 9.42. The van der Waals surface area contributed by atoms with E-state index < -0.39 is 5.82 Å². The maximum absolute atomic E-state index is 13.0. The third-order valence-electron chi connectivity index (χ3n) is 2.64. The molecular formula is C12H18FNO. The molecule has 1 atom stereocenters. The van der Waals surface area contributed by atoms with E-state index in [0.29, 0.717) is 18.5 Å². The van der Waals surface area contributed by atoms with Crippen molar-refractivity contribution in [3.63, 3.8) is 0 Å². The van der Waals surface area contributed by atoms with Crippen LogP contribution in [0.15, 0.2) is 18.2 Å². The van der Waals surface area contributed by atoms with E-state index in [-0.39, 0.29) is 5.75 Å². The van der Waals surface area contributed by atoms with Crippen LogP contribution in [0.3, 0.4) is 0 Å². The van der Waals surface area contributed by atoms with Gasteiger partial charge >= 0.3 is 0 Å². The van der Waals surface area contributed by atoms with Gasteiger partial charge in [-0.05, 0) is 30.5 Å². The highest BCUT2D eigenvalue weighted by molar-refractivity contribution is 5.27. The summed E-state index contributed by atoms with van der Waals surface area (Å²) in [5.41, 5.74) is 0.845. The zero-order chi connectivity index (χ0) is 11.4. The molecular weight excluding hydrogens is 193 g/mol. The van der Waals surface area contributed by atoms with Crippen molar-refractivity contribution in [3.8, 4) is 5.75 Å². The van der Waals surface area contributed by atoms with Gasteiger partial charge in [-0.2, -0.15) is 0 Å². The summed E-state index contributed by atoms with van der Waals surface area (Å²) in [5, 5.41) is 12.3. The molecule has 0 aliphatic heterocycles. The van der Waals surface area contributed by atoms with Gasteiger partial charge in [0, 0.05) is 12.6 Å². The quantitative estimate of drug-likeness (QED) is 0.802. The normalized spacial score (nSPS) is 13.1. The summed E-state index contributed by atoms with van der Waals surface area (Å²) in [6.45, 7) is 6.99. The molecule has 84 valence electrons. The van der Waals surface area contributed by atoms with Gasteiger partial charge in [0.15, 0.2) is 11.6 Å². The summed E-state index contributed by atoms with van der Waals surface area (Å²) in [6, 6.07) is 4.85. The van der Waals surface area contributed by atoms with Crippen molar-refractivity contribution >= 4 is 0 Å². The molecule has 0 saturated heterocycles. The van der Waals surface area contributed by atoms with Gasteiger partial charge in [-0.15, -0.1) is 0 Å². The first-order valence-electron chi connectivity index (χ1n) is 5.21. The van der Waals surface area contributed by atoms with Crippen molar-refractivity contribution in [3.05, 3.63) is 29.6 Å². The Morgan fingerprint density at radius 1 is 1.33 bits per heavy atom. The van der Waals surface area contributed by atoms with Crippen molar-refractivity contribution < 1.29 is 9.50 Å². The Morgan fingerprint density at radius 3 is 2.53 bits per heavy atom. The Bertz CT molecular complexity index is 325. The maximum Gasteiger partial charge on any atom is 0.165 e. The van der Waals surface area contributed by atoms with E-state index in [1.165, 1.54) is 12.1 Å². The van der Waals surface area contributed by atoms with E-state index in [1.807, 2.05) is 0 Å². The molecule has 1 aromatic carbocycles. The van der Waals surface area contributed by atoms with E-state index in [9.17, 15) is 4.39 Å². The summed E-state index contributed by atoms with van der Waals surface area (Å²) in [5.74, 6) is -0.311. The first kappa shape index (κ1) is 12.0. The molecule has 2 N–H and O–H groups in total. The van der Waals surface area contributed by atoms with E-state index in [2.05, 4.69) is 26.1 Å². The molecule has 0 amide bonds. The fourth-order valence-electron chi connectivity index (χ4n) is 1.17. The molecule has 1 unspecified atom stereocenters. The fraction of sp³-hybridized carbons (Fsp3) is 0.500. The van der Waals surface area contributed by atoms with Crippen LogP contribution in [0.5, 0.6) is 5.75 Å². The molecule has 1 aromatic rings. The first-order chi connectivity index (χ1) is 7.00. The minimum absolute atomic E-state index is 0.296. The van der Waals surface area contributed by atoms with Gasteiger partial charge < -0.3 is 10.4 Å². The average Bonchev–Trinajstić information content (AvgIpc) is 2.19. The highest BCUT2D eigenvalue weighted by atomic mass is 19.1. The molecule has 0 spiro atoms. The number of phenolic OH excluding ortho intramolecular Hbond substituents is 1. The van der Waals surface area contributed by atoms with Gasteiger partial charge in [-0.1, -0.05) is 19.9 Å². The number of hydrogen-bond donors (Lipinski definition) is 2. The molecule has 0 aliphatic carbocycles. The number of halogens is 1. The molecule has 0 radical (unpaired) electrons. The summed E-state index contributed by atoms with van der Waals surface area (Å²) in [7, 11) is 0. The van der Waals surface area contributed by atoms with Crippen molar-refractivity contribution in [2.24, 2.45) is 5.92 Å². The smallest absolute Gasteiger partial charge is 0.165 e. The molecule has 15 heavy (non-hydrogen) atoms. The molecule has 0 bridgehead atoms. The Kier molecular flexibility index (Phi) is 4.09. The SMILES string of the molecule is CC(C)C(C)NCc1ccc(O)c(F)c1. The second-order valence-electron chi connectivity index (χ2n) is 4.20. The lowest BCUT2D eigenvalue weighted by Crippen LogP contribution is -2.30. The third-order valence-corrected chi connectivity index (χ3v) is 2.64. The number of rotatable bonds is 4. The summed E-state index contributed by atoms with van der Waals surface area (Å²) < 4.78 is 13.0. The molecule has 0 aromatic heterocycles. The van der Waals surface area contributed by atoms with Crippen LogP contribution in [0.4, 0.5) is 4.39 Å². The predicted octanol–water partition coefficient (Wildman–Crippen LogP) is 2.67. The predicted molar refractivity (Wildman–Crippen MR) is 59.2 cm³/mol. The van der Waals surface area contributed by atoms with Crippen molar-refractivity contribution in [2.75, 3.05) is 0 Å². The number of nitrogens with one attached hydrogen (secondary N) is 1. The molecule has 1 rings (SSSR count). The summed E-state index contributed by atoms with van der Waals surface area (Å²) in [4.78, 5) is 0. The van der Waals surface area contributed by atoms with Crippen LogP contribution in [0, 0.1) is 11.7 Å². The Hall–Kier alpha value is -1.09. The third kappa shape index (κ3) is 3.51. The Labute approximate surface area is 90.1 Å². The second-order valence-corrected chi connectivity index (χ2v) is 4.20. The van der Waals surface area contributed by atoms with Crippen LogP contribution < -0.4 is 5.32 Å². The van der Waals surface area contributed by atoms with E-state index in [0.717, 1.165) is 5.56 Å². The molecule has 0 heterocycles. The topological polar surface area (TPSA) is 32.3 Å². The summed E-state index contributed by atoms with van der Waals surface area (Å²) in [6.07, 6.45) is 0. The maximum atomic E-state index is 13.0. The average molecular weight is 211 g/mol. The van der Waals surface area contributed by atoms with Gasteiger partial charge in [0.25, 0.3) is 0 Å². The van der Waals surface area contributed by atoms with Crippen LogP contribution in [0.2, 0.25) is 0 Å². The van der Waals surface area contributed by atoms with Gasteiger partial charge in [-0.3, -0.25) is 0 Å². The lowest BCUT2D eigenvalue weighted by molar-refractivity contribution is 0.420. The zero-order valence-electron chi connectivity index (χ0n) is 9.42. The van der Waals surface area contributed by atoms with Gasteiger partial charge in [0.2, 0.25) is 0 Å². The molecule has 0 aliphatic rings. The molecule has 0 fully saturated rings. The molecule has 2 nitrogen and oxygen atoms in total. The van der Waals surface area contributed by atoms with Crippen LogP contribution in [0.1, 0.15) is 26.3 Å².